The lowest BCUT2D eigenvalue weighted by atomic mass is 10.2. The van der Waals surface area contributed by atoms with E-state index in [1.54, 1.807) is 30.0 Å². The van der Waals surface area contributed by atoms with Gasteiger partial charge in [0.1, 0.15) is 0 Å². The van der Waals surface area contributed by atoms with E-state index in [2.05, 4.69) is 0 Å². The van der Waals surface area contributed by atoms with Gasteiger partial charge in [-0.2, -0.15) is 0 Å². The number of anilines is 1. The third-order valence-corrected chi connectivity index (χ3v) is 5.55. The van der Waals surface area contributed by atoms with Crippen LogP contribution in [-0.2, 0) is 4.79 Å². The average Bonchev–Trinajstić information content (AvgIpc) is 2.82. The predicted octanol–water partition coefficient (Wildman–Crippen LogP) is 5.47. The van der Waals surface area contributed by atoms with E-state index >= 15 is 0 Å². The van der Waals surface area contributed by atoms with Crippen molar-refractivity contribution in [1.82, 2.24) is 0 Å². The second-order valence-corrected chi connectivity index (χ2v) is 7.76. The largest absolute Gasteiger partial charge is 0.270 e. The highest BCUT2D eigenvalue weighted by Crippen LogP contribution is 2.36. The van der Waals surface area contributed by atoms with E-state index in [1.807, 2.05) is 42.7 Å². The van der Waals surface area contributed by atoms with Crippen LogP contribution in [0.15, 0.2) is 58.3 Å². The first-order valence-corrected chi connectivity index (χ1v) is 9.59. The average molecular weight is 378 g/mol. The molecule has 23 heavy (non-hydrogen) atoms. The predicted molar refractivity (Wildman–Crippen MR) is 105 cm³/mol. The molecule has 2 nitrogen and oxygen atoms in total. The van der Waals surface area contributed by atoms with Crippen LogP contribution in [0.1, 0.15) is 5.56 Å². The number of hydrogen-bond donors (Lipinski definition) is 0. The summed E-state index contributed by atoms with van der Waals surface area (Å²) in [6, 6.07) is 15.2. The molecule has 2 aromatic carbocycles. The SMILES string of the molecule is CSc1ccc(/C=C2\SC(=S)N(c3cccc(Cl)c3)C2=O)cc1. The Morgan fingerprint density at radius 2 is 1.96 bits per heavy atom. The van der Waals surface area contributed by atoms with Crippen LogP contribution in [0, 0.1) is 0 Å². The van der Waals surface area contributed by atoms with E-state index in [9.17, 15) is 4.79 Å². The van der Waals surface area contributed by atoms with E-state index in [-0.39, 0.29) is 5.91 Å². The smallest absolute Gasteiger partial charge is 0.268 e. The van der Waals surface area contributed by atoms with Gasteiger partial charge >= 0.3 is 0 Å². The molecule has 1 aliphatic heterocycles. The fourth-order valence-electron chi connectivity index (χ4n) is 2.16. The molecule has 3 rings (SSSR count). The Hall–Kier alpha value is -1.27. The van der Waals surface area contributed by atoms with Crippen LogP contribution in [0.3, 0.4) is 0 Å². The summed E-state index contributed by atoms with van der Waals surface area (Å²) in [5.74, 6) is -0.115. The molecule has 1 saturated heterocycles. The molecule has 0 radical (unpaired) electrons. The number of carbonyl (C=O) groups is 1. The minimum atomic E-state index is -0.115. The topological polar surface area (TPSA) is 20.3 Å². The van der Waals surface area contributed by atoms with Crippen molar-refractivity contribution in [3.63, 3.8) is 0 Å². The van der Waals surface area contributed by atoms with Crippen LogP contribution < -0.4 is 4.90 Å². The van der Waals surface area contributed by atoms with Gasteiger partial charge in [-0.25, -0.2) is 0 Å². The van der Waals surface area contributed by atoms with Gasteiger partial charge in [0.2, 0.25) is 0 Å². The van der Waals surface area contributed by atoms with E-state index in [4.69, 9.17) is 23.8 Å². The monoisotopic (exact) mass is 377 g/mol. The van der Waals surface area contributed by atoms with Crippen molar-refractivity contribution in [2.45, 2.75) is 4.90 Å². The number of thioether (sulfide) groups is 2. The fourth-order valence-corrected chi connectivity index (χ4v) is 4.05. The molecule has 0 aromatic heterocycles. The van der Waals surface area contributed by atoms with E-state index in [0.717, 1.165) is 5.56 Å². The zero-order valence-electron chi connectivity index (χ0n) is 12.2. The fraction of sp³-hybridized carbons (Fsp3) is 0.0588. The van der Waals surface area contributed by atoms with Crippen molar-refractivity contribution < 1.29 is 4.79 Å². The Morgan fingerprint density at radius 3 is 2.61 bits per heavy atom. The molecule has 1 heterocycles. The first kappa shape index (κ1) is 16.6. The third kappa shape index (κ3) is 3.63. The second-order valence-electron chi connectivity index (χ2n) is 4.77. The number of benzene rings is 2. The minimum absolute atomic E-state index is 0.115. The molecule has 0 unspecified atom stereocenters. The molecule has 0 aliphatic carbocycles. The maximum absolute atomic E-state index is 12.7. The second kappa shape index (κ2) is 7.09. The number of hydrogen-bond acceptors (Lipinski definition) is 4. The maximum atomic E-state index is 12.7. The number of carbonyl (C=O) groups excluding carboxylic acids is 1. The van der Waals surface area contributed by atoms with Crippen LogP contribution in [-0.4, -0.2) is 16.5 Å². The molecule has 6 heteroatoms. The van der Waals surface area contributed by atoms with E-state index in [1.165, 1.54) is 21.6 Å². The van der Waals surface area contributed by atoms with Crippen molar-refractivity contribution in [2.24, 2.45) is 0 Å². The van der Waals surface area contributed by atoms with Crippen molar-refractivity contribution >= 4 is 69.3 Å². The van der Waals surface area contributed by atoms with Gasteiger partial charge in [0.15, 0.2) is 4.32 Å². The van der Waals surface area contributed by atoms with Crippen molar-refractivity contribution in [3.8, 4) is 0 Å². The Kier molecular flexibility index (Phi) is 5.11. The first-order valence-electron chi connectivity index (χ1n) is 6.76. The lowest BCUT2D eigenvalue weighted by Gasteiger charge is -2.14. The highest BCUT2D eigenvalue weighted by molar-refractivity contribution is 8.27. The minimum Gasteiger partial charge on any atom is -0.268 e. The molecule has 116 valence electrons. The normalized spacial score (nSPS) is 16.4. The Morgan fingerprint density at radius 1 is 1.22 bits per heavy atom. The van der Waals surface area contributed by atoms with Crippen LogP contribution in [0.2, 0.25) is 5.02 Å². The van der Waals surface area contributed by atoms with Gasteiger partial charge in [-0.05, 0) is 48.2 Å². The highest BCUT2D eigenvalue weighted by atomic mass is 35.5. The van der Waals surface area contributed by atoms with Crippen LogP contribution >= 0.6 is 47.3 Å². The summed E-state index contributed by atoms with van der Waals surface area (Å²) >= 11 is 14.4. The maximum Gasteiger partial charge on any atom is 0.270 e. The van der Waals surface area contributed by atoms with Gasteiger partial charge in [0, 0.05) is 9.92 Å². The van der Waals surface area contributed by atoms with E-state index in [0.29, 0.717) is 19.9 Å². The molecule has 1 fully saturated rings. The Bertz CT molecular complexity index is 802. The van der Waals surface area contributed by atoms with Gasteiger partial charge in [-0.15, -0.1) is 11.8 Å². The molecule has 2 aromatic rings. The molecule has 1 aliphatic rings. The van der Waals surface area contributed by atoms with Crippen molar-refractivity contribution in [1.29, 1.82) is 0 Å². The quantitative estimate of drug-likeness (QED) is 0.401. The summed E-state index contributed by atoms with van der Waals surface area (Å²) < 4.78 is 0.518. The summed E-state index contributed by atoms with van der Waals surface area (Å²) in [6.07, 6.45) is 3.90. The highest BCUT2D eigenvalue weighted by Gasteiger charge is 2.33. The summed E-state index contributed by atoms with van der Waals surface area (Å²) in [5.41, 5.74) is 1.68. The number of nitrogens with zero attached hydrogens (tertiary/aromatic N) is 1. The number of rotatable bonds is 3. The van der Waals surface area contributed by atoms with Gasteiger partial charge in [-0.1, -0.05) is 53.8 Å². The van der Waals surface area contributed by atoms with Crippen molar-refractivity contribution in [3.05, 3.63) is 64.0 Å². The van der Waals surface area contributed by atoms with Crippen molar-refractivity contribution in [2.75, 3.05) is 11.2 Å². The summed E-state index contributed by atoms with van der Waals surface area (Å²) in [7, 11) is 0. The Balaban J connectivity index is 1.89. The third-order valence-electron chi connectivity index (χ3n) is 3.27. The number of amides is 1. The molecular weight excluding hydrogens is 366 g/mol. The van der Waals surface area contributed by atoms with Gasteiger partial charge in [0.05, 0.1) is 10.6 Å². The molecule has 0 atom stereocenters. The molecule has 0 spiro atoms. The zero-order valence-corrected chi connectivity index (χ0v) is 15.4. The zero-order chi connectivity index (χ0) is 16.4. The van der Waals surface area contributed by atoms with Crippen LogP contribution in [0.4, 0.5) is 5.69 Å². The molecule has 1 amide bonds. The number of thiocarbonyl (C=S) groups is 1. The summed E-state index contributed by atoms with van der Waals surface area (Å²) in [6.45, 7) is 0. The summed E-state index contributed by atoms with van der Waals surface area (Å²) in [4.78, 5) is 16.0. The lowest BCUT2D eigenvalue weighted by Crippen LogP contribution is -2.27. The molecule has 0 bridgehead atoms. The van der Waals surface area contributed by atoms with Gasteiger partial charge in [0.25, 0.3) is 5.91 Å². The molecule has 0 N–H and O–H groups in total. The van der Waals surface area contributed by atoms with Gasteiger partial charge in [-0.3, -0.25) is 9.69 Å². The molecule has 0 saturated carbocycles. The standard InChI is InChI=1S/C17H12ClNOS3/c1-22-14-7-5-11(6-8-14)9-15-16(20)19(17(21)23-15)13-4-2-3-12(18)10-13/h2-10H,1H3/b15-9-. The first-order chi connectivity index (χ1) is 11.1. The summed E-state index contributed by atoms with van der Waals surface area (Å²) in [5, 5.41) is 0.577. The molecular formula is C17H12ClNOS3. The van der Waals surface area contributed by atoms with Crippen LogP contribution in [0.5, 0.6) is 0 Å². The van der Waals surface area contributed by atoms with Crippen LogP contribution in [0.25, 0.3) is 6.08 Å². The Labute approximate surface area is 153 Å². The lowest BCUT2D eigenvalue weighted by molar-refractivity contribution is -0.113. The number of halogens is 1. The van der Waals surface area contributed by atoms with E-state index < -0.39 is 0 Å². The van der Waals surface area contributed by atoms with Gasteiger partial charge < -0.3 is 0 Å².